The topological polar surface area (TPSA) is 67.6 Å². The summed E-state index contributed by atoms with van der Waals surface area (Å²) in [5.41, 5.74) is 10.6. The molecule has 3 aromatic rings. The van der Waals surface area contributed by atoms with Crippen LogP contribution in [0.1, 0.15) is 11.1 Å². The van der Waals surface area contributed by atoms with Crippen LogP contribution in [0.5, 0.6) is 0 Å². The second kappa shape index (κ2) is 6.56. The number of thioether (sulfide) groups is 1. The maximum Gasteiger partial charge on any atom is 0.183 e. The number of H-pyrrole nitrogens is 1. The van der Waals surface area contributed by atoms with Gasteiger partial charge < -0.3 is 5.73 Å². The van der Waals surface area contributed by atoms with Crippen LogP contribution in [0.15, 0.2) is 60.0 Å². The molecule has 106 valence electrons. The van der Waals surface area contributed by atoms with Gasteiger partial charge >= 0.3 is 0 Å². The lowest BCUT2D eigenvalue weighted by Crippen LogP contribution is -1.98. The molecule has 1 heterocycles. The minimum Gasteiger partial charge on any atom is -0.326 e. The molecule has 3 rings (SSSR count). The zero-order valence-electron chi connectivity index (χ0n) is 11.5. The lowest BCUT2D eigenvalue weighted by atomic mass is 9.99. The Morgan fingerprint density at radius 2 is 1.86 bits per heavy atom. The highest BCUT2D eigenvalue weighted by Gasteiger charge is 2.04. The fraction of sp³-hybridized carbons (Fsp3) is 0.125. The predicted octanol–water partition coefficient (Wildman–Crippen LogP) is 3.22. The summed E-state index contributed by atoms with van der Waals surface area (Å²) in [5.74, 6) is 0.869. The molecule has 0 saturated heterocycles. The molecule has 0 aliphatic rings. The van der Waals surface area contributed by atoms with Crippen LogP contribution in [0, 0.1) is 0 Å². The van der Waals surface area contributed by atoms with Crippen LogP contribution in [0.25, 0.3) is 11.1 Å². The molecule has 0 aliphatic heterocycles. The molecular formula is C16H16N4S. The molecule has 0 unspecified atom stereocenters. The Morgan fingerprint density at radius 1 is 1.05 bits per heavy atom. The SMILES string of the molecule is NCc1ccccc1-c1ccc(CSc2ncn[nH]2)cc1. The average Bonchev–Trinajstić information content (AvgIpc) is 3.07. The van der Waals surface area contributed by atoms with E-state index in [0.29, 0.717) is 6.54 Å². The lowest BCUT2D eigenvalue weighted by Gasteiger charge is -2.08. The first-order chi connectivity index (χ1) is 10.4. The largest absolute Gasteiger partial charge is 0.326 e. The van der Waals surface area contributed by atoms with Crippen LogP contribution in [-0.4, -0.2) is 15.2 Å². The van der Waals surface area contributed by atoms with Crippen LogP contribution < -0.4 is 5.73 Å². The normalized spacial score (nSPS) is 10.7. The maximum atomic E-state index is 5.80. The van der Waals surface area contributed by atoms with Crippen LogP contribution in [-0.2, 0) is 12.3 Å². The van der Waals surface area contributed by atoms with Gasteiger partial charge in [-0.05, 0) is 22.3 Å². The van der Waals surface area contributed by atoms with Gasteiger partial charge in [0.25, 0.3) is 0 Å². The quantitative estimate of drug-likeness (QED) is 0.709. The smallest absolute Gasteiger partial charge is 0.183 e. The van der Waals surface area contributed by atoms with Crippen molar-refractivity contribution in [3.8, 4) is 11.1 Å². The summed E-state index contributed by atoms with van der Waals surface area (Å²) in [5, 5.41) is 7.53. The van der Waals surface area contributed by atoms with E-state index >= 15 is 0 Å². The van der Waals surface area contributed by atoms with E-state index in [-0.39, 0.29) is 0 Å². The van der Waals surface area contributed by atoms with Gasteiger partial charge in [0.15, 0.2) is 5.16 Å². The molecular weight excluding hydrogens is 280 g/mol. The number of benzene rings is 2. The molecule has 0 radical (unpaired) electrons. The van der Waals surface area contributed by atoms with Crippen molar-refractivity contribution in [2.45, 2.75) is 17.5 Å². The van der Waals surface area contributed by atoms with E-state index < -0.39 is 0 Å². The van der Waals surface area contributed by atoms with Gasteiger partial charge in [0.05, 0.1) is 0 Å². The van der Waals surface area contributed by atoms with Crippen molar-refractivity contribution >= 4 is 11.8 Å². The summed E-state index contributed by atoms with van der Waals surface area (Å²) >= 11 is 1.64. The fourth-order valence-corrected chi connectivity index (χ4v) is 2.91. The predicted molar refractivity (Wildman–Crippen MR) is 85.7 cm³/mol. The first kappa shape index (κ1) is 13.9. The molecule has 0 bridgehead atoms. The zero-order valence-corrected chi connectivity index (χ0v) is 12.3. The number of aromatic amines is 1. The van der Waals surface area contributed by atoms with E-state index in [1.807, 2.05) is 12.1 Å². The highest BCUT2D eigenvalue weighted by molar-refractivity contribution is 7.98. The molecule has 3 N–H and O–H groups in total. The Kier molecular flexibility index (Phi) is 4.33. The molecule has 21 heavy (non-hydrogen) atoms. The van der Waals surface area contributed by atoms with E-state index in [0.717, 1.165) is 10.9 Å². The molecule has 0 atom stereocenters. The Balaban J connectivity index is 1.74. The summed E-state index contributed by atoms with van der Waals surface area (Å²) < 4.78 is 0. The number of hydrogen-bond donors (Lipinski definition) is 2. The van der Waals surface area contributed by atoms with Crippen molar-refractivity contribution < 1.29 is 0 Å². The van der Waals surface area contributed by atoms with Crippen molar-refractivity contribution in [3.05, 3.63) is 66.0 Å². The molecule has 0 spiro atoms. The third kappa shape index (κ3) is 3.32. The average molecular weight is 296 g/mol. The minimum atomic E-state index is 0.555. The number of nitrogens with zero attached hydrogens (tertiary/aromatic N) is 2. The minimum absolute atomic E-state index is 0.555. The Labute approximate surface area is 127 Å². The molecule has 0 aliphatic carbocycles. The Morgan fingerprint density at radius 3 is 2.57 bits per heavy atom. The third-order valence-corrected chi connectivity index (χ3v) is 4.22. The standard InChI is InChI=1S/C16H16N4S/c17-9-14-3-1-2-4-15(14)13-7-5-12(6-8-13)10-21-16-18-11-19-20-16/h1-8,11H,9-10,17H2,(H,18,19,20). The number of rotatable bonds is 5. The lowest BCUT2D eigenvalue weighted by molar-refractivity contribution is 0.973. The van der Waals surface area contributed by atoms with E-state index in [1.165, 1.54) is 28.6 Å². The fourth-order valence-electron chi connectivity index (χ4n) is 2.18. The summed E-state index contributed by atoms with van der Waals surface area (Å²) in [6.07, 6.45) is 1.52. The van der Waals surface area contributed by atoms with Crippen LogP contribution >= 0.6 is 11.8 Å². The summed E-state index contributed by atoms with van der Waals surface area (Å²) in [6.45, 7) is 0.555. The van der Waals surface area contributed by atoms with Crippen molar-refractivity contribution in [2.75, 3.05) is 0 Å². The molecule has 0 fully saturated rings. The molecule has 0 amide bonds. The Bertz CT molecular complexity index is 693. The molecule has 0 saturated carbocycles. The van der Waals surface area contributed by atoms with E-state index in [9.17, 15) is 0 Å². The molecule has 4 nitrogen and oxygen atoms in total. The van der Waals surface area contributed by atoms with E-state index in [1.54, 1.807) is 11.8 Å². The van der Waals surface area contributed by atoms with Gasteiger partial charge in [-0.15, -0.1) is 0 Å². The van der Waals surface area contributed by atoms with Crippen LogP contribution in [0.3, 0.4) is 0 Å². The number of nitrogens with two attached hydrogens (primary N) is 1. The van der Waals surface area contributed by atoms with Gasteiger partial charge in [0.2, 0.25) is 0 Å². The second-order valence-electron chi connectivity index (χ2n) is 4.64. The van der Waals surface area contributed by atoms with Gasteiger partial charge in [-0.2, -0.15) is 5.10 Å². The van der Waals surface area contributed by atoms with Crippen LogP contribution in [0.4, 0.5) is 0 Å². The van der Waals surface area contributed by atoms with Crippen molar-refractivity contribution in [3.63, 3.8) is 0 Å². The summed E-state index contributed by atoms with van der Waals surface area (Å²) in [7, 11) is 0. The third-order valence-electron chi connectivity index (χ3n) is 3.27. The first-order valence-corrected chi connectivity index (χ1v) is 7.71. The summed E-state index contributed by atoms with van der Waals surface area (Å²) in [6, 6.07) is 16.8. The molecule has 5 heteroatoms. The molecule has 1 aromatic heterocycles. The number of aromatic nitrogens is 3. The van der Waals surface area contributed by atoms with Crippen molar-refractivity contribution in [2.24, 2.45) is 5.73 Å². The number of nitrogens with one attached hydrogen (secondary N) is 1. The van der Waals surface area contributed by atoms with Crippen LogP contribution in [0.2, 0.25) is 0 Å². The highest BCUT2D eigenvalue weighted by atomic mass is 32.2. The van der Waals surface area contributed by atoms with Gasteiger partial charge in [-0.1, -0.05) is 60.3 Å². The monoisotopic (exact) mass is 296 g/mol. The van der Waals surface area contributed by atoms with Gasteiger partial charge in [0.1, 0.15) is 6.33 Å². The Hall–Kier alpha value is -2.11. The van der Waals surface area contributed by atoms with Gasteiger partial charge in [0, 0.05) is 12.3 Å². The van der Waals surface area contributed by atoms with Crippen molar-refractivity contribution in [1.29, 1.82) is 0 Å². The highest BCUT2D eigenvalue weighted by Crippen LogP contribution is 2.25. The second-order valence-corrected chi connectivity index (χ2v) is 5.60. The number of hydrogen-bond acceptors (Lipinski definition) is 4. The van der Waals surface area contributed by atoms with E-state index in [4.69, 9.17) is 5.73 Å². The van der Waals surface area contributed by atoms with Gasteiger partial charge in [-0.25, -0.2) is 4.98 Å². The molecule has 2 aromatic carbocycles. The maximum absolute atomic E-state index is 5.80. The summed E-state index contributed by atoms with van der Waals surface area (Å²) in [4.78, 5) is 4.10. The zero-order chi connectivity index (χ0) is 14.5. The first-order valence-electron chi connectivity index (χ1n) is 6.72. The van der Waals surface area contributed by atoms with Gasteiger partial charge in [-0.3, -0.25) is 5.10 Å². The van der Waals surface area contributed by atoms with E-state index in [2.05, 4.69) is 51.6 Å². The van der Waals surface area contributed by atoms with Crippen molar-refractivity contribution in [1.82, 2.24) is 15.2 Å².